The van der Waals surface area contributed by atoms with Crippen molar-refractivity contribution in [3.05, 3.63) is 118 Å². The summed E-state index contributed by atoms with van der Waals surface area (Å²) in [5.74, 6) is 0.475. The van der Waals surface area contributed by atoms with E-state index in [1.807, 2.05) is 17.0 Å². The first-order valence-corrected chi connectivity index (χ1v) is 12.1. The lowest BCUT2D eigenvalue weighted by molar-refractivity contribution is -0.383. The Balaban J connectivity index is 1.38. The van der Waals surface area contributed by atoms with E-state index in [1.165, 1.54) is 17.5 Å². The van der Waals surface area contributed by atoms with E-state index in [2.05, 4.69) is 68.7 Å². The summed E-state index contributed by atoms with van der Waals surface area (Å²) < 4.78 is 0. The lowest BCUT2D eigenvalue weighted by Crippen LogP contribution is -2.48. The molecule has 4 aromatic rings. The number of aromatic nitrogens is 2. The van der Waals surface area contributed by atoms with Crippen LogP contribution >= 0.6 is 11.6 Å². The van der Waals surface area contributed by atoms with Gasteiger partial charge in [-0.2, -0.15) is 0 Å². The van der Waals surface area contributed by atoms with Crippen LogP contribution in [0.1, 0.15) is 17.2 Å². The smallest absolute Gasteiger partial charge is 0.348 e. The van der Waals surface area contributed by atoms with Gasteiger partial charge in [0, 0.05) is 36.9 Å². The number of halogens is 1. The van der Waals surface area contributed by atoms with Gasteiger partial charge in [0.05, 0.1) is 11.0 Å². The fourth-order valence-corrected chi connectivity index (χ4v) is 4.73. The first kappa shape index (κ1) is 23.7. The van der Waals surface area contributed by atoms with Gasteiger partial charge in [-0.25, -0.2) is 9.97 Å². The minimum atomic E-state index is -0.420. The molecule has 36 heavy (non-hydrogen) atoms. The summed E-state index contributed by atoms with van der Waals surface area (Å²) in [7, 11) is 0. The molecular formula is C27H25ClN6O2. The molecule has 1 aliphatic rings. The fraction of sp³-hybridized carbons (Fsp3) is 0.185. The highest BCUT2D eigenvalue weighted by Gasteiger charge is 2.32. The number of rotatable bonds is 7. The lowest BCUT2D eigenvalue weighted by Gasteiger charge is -2.40. The van der Waals surface area contributed by atoms with Crippen molar-refractivity contribution >= 4 is 34.6 Å². The second-order valence-corrected chi connectivity index (χ2v) is 8.97. The van der Waals surface area contributed by atoms with Crippen LogP contribution in [0.5, 0.6) is 0 Å². The monoisotopic (exact) mass is 500 g/mol. The van der Waals surface area contributed by atoms with Crippen LogP contribution in [-0.4, -0.2) is 46.0 Å². The van der Waals surface area contributed by atoms with Gasteiger partial charge >= 0.3 is 5.69 Å². The zero-order valence-corrected chi connectivity index (χ0v) is 20.3. The number of nitrogens with zero attached hydrogens (tertiary/aromatic N) is 5. The molecule has 5 rings (SSSR count). The molecule has 2 heterocycles. The SMILES string of the molecule is O=[N+]([O-])c1c(Nc2ccc(Cl)cc2)ncnc1N1CCN(C(c2ccccc2)c2ccccc2)CC1. The zero-order chi connectivity index (χ0) is 24.9. The van der Waals surface area contributed by atoms with Crippen molar-refractivity contribution in [1.82, 2.24) is 14.9 Å². The Morgan fingerprint density at radius 1 is 0.833 bits per heavy atom. The van der Waals surface area contributed by atoms with Crippen molar-refractivity contribution in [2.75, 3.05) is 36.4 Å². The standard InChI is InChI=1S/C27H25ClN6O2/c28-22-11-13-23(14-12-22)31-26-25(34(35)36)27(30-19-29-26)33-17-15-32(16-18-33)24(20-7-3-1-4-8-20)21-9-5-2-6-10-21/h1-14,19,24H,15-18H2,(H,29,30,31). The van der Waals surface area contributed by atoms with E-state index in [1.54, 1.807) is 24.3 Å². The maximum absolute atomic E-state index is 12.1. The Bertz CT molecular complexity index is 1270. The maximum Gasteiger partial charge on any atom is 0.353 e. The molecule has 1 saturated heterocycles. The van der Waals surface area contributed by atoms with Crippen molar-refractivity contribution in [2.24, 2.45) is 0 Å². The first-order chi connectivity index (χ1) is 17.6. The third kappa shape index (κ3) is 5.15. The molecule has 0 unspecified atom stereocenters. The molecule has 0 spiro atoms. The van der Waals surface area contributed by atoms with Crippen LogP contribution in [0.15, 0.2) is 91.3 Å². The van der Waals surface area contributed by atoms with Crippen LogP contribution in [0.2, 0.25) is 5.02 Å². The molecule has 0 amide bonds. The number of hydrogen-bond acceptors (Lipinski definition) is 7. The molecule has 1 aromatic heterocycles. The lowest BCUT2D eigenvalue weighted by atomic mass is 9.96. The predicted octanol–water partition coefficient (Wildman–Crippen LogP) is 5.69. The molecule has 0 saturated carbocycles. The van der Waals surface area contributed by atoms with Gasteiger partial charge in [0.15, 0.2) is 0 Å². The summed E-state index contributed by atoms with van der Waals surface area (Å²) in [6.07, 6.45) is 1.36. The minimum absolute atomic E-state index is 0.108. The second-order valence-electron chi connectivity index (χ2n) is 8.53. The average Bonchev–Trinajstić information content (AvgIpc) is 2.91. The average molecular weight is 501 g/mol. The largest absolute Gasteiger partial charge is 0.353 e. The van der Waals surface area contributed by atoms with Gasteiger partial charge in [0.2, 0.25) is 11.6 Å². The molecule has 0 aliphatic carbocycles. The fourth-order valence-electron chi connectivity index (χ4n) is 4.61. The molecule has 0 atom stereocenters. The maximum atomic E-state index is 12.1. The Kier molecular flexibility index (Phi) is 7.06. The van der Waals surface area contributed by atoms with E-state index in [9.17, 15) is 10.1 Å². The van der Waals surface area contributed by atoms with Crippen LogP contribution in [0.25, 0.3) is 0 Å². The summed E-state index contributed by atoms with van der Waals surface area (Å²) in [5, 5.41) is 15.7. The number of hydrogen-bond donors (Lipinski definition) is 1. The highest BCUT2D eigenvalue weighted by Crippen LogP contribution is 2.36. The predicted molar refractivity (Wildman–Crippen MR) is 142 cm³/mol. The Hall–Kier alpha value is -4.01. The van der Waals surface area contributed by atoms with E-state index >= 15 is 0 Å². The third-order valence-electron chi connectivity index (χ3n) is 6.30. The Labute approximate surface area is 214 Å². The molecule has 8 nitrogen and oxygen atoms in total. The second kappa shape index (κ2) is 10.7. The quantitative estimate of drug-likeness (QED) is 0.257. The summed E-state index contributed by atoms with van der Waals surface area (Å²) in [5.41, 5.74) is 2.97. The molecule has 0 bridgehead atoms. The zero-order valence-electron chi connectivity index (χ0n) is 19.5. The summed E-state index contributed by atoms with van der Waals surface area (Å²) in [6.45, 7) is 2.67. The summed E-state index contributed by atoms with van der Waals surface area (Å²) in [4.78, 5) is 24.5. The van der Waals surface area contributed by atoms with Crippen molar-refractivity contribution < 1.29 is 4.92 Å². The number of nitro groups is 1. The van der Waals surface area contributed by atoms with E-state index in [0.717, 1.165) is 13.1 Å². The topological polar surface area (TPSA) is 87.4 Å². The molecule has 3 aromatic carbocycles. The molecule has 0 radical (unpaired) electrons. The van der Waals surface area contributed by atoms with Crippen molar-refractivity contribution in [2.45, 2.75) is 6.04 Å². The van der Waals surface area contributed by atoms with E-state index in [0.29, 0.717) is 29.6 Å². The van der Waals surface area contributed by atoms with Crippen LogP contribution in [0.4, 0.5) is 23.0 Å². The molecule has 1 fully saturated rings. The number of anilines is 3. The van der Waals surface area contributed by atoms with E-state index < -0.39 is 4.92 Å². The highest BCUT2D eigenvalue weighted by molar-refractivity contribution is 6.30. The number of piperazine rings is 1. The third-order valence-corrected chi connectivity index (χ3v) is 6.55. The van der Waals surface area contributed by atoms with Crippen LogP contribution in [0, 0.1) is 10.1 Å². The van der Waals surface area contributed by atoms with Crippen LogP contribution < -0.4 is 10.2 Å². The summed E-state index contributed by atoms with van der Waals surface area (Å²) >= 11 is 5.96. The van der Waals surface area contributed by atoms with Gasteiger partial charge in [-0.1, -0.05) is 72.3 Å². The van der Waals surface area contributed by atoms with Crippen molar-refractivity contribution in [3.8, 4) is 0 Å². The molecule has 1 N–H and O–H groups in total. The Morgan fingerprint density at radius 2 is 1.42 bits per heavy atom. The van der Waals surface area contributed by atoms with E-state index in [4.69, 9.17) is 11.6 Å². The molecular weight excluding hydrogens is 476 g/mol. The van der Waals surface area contributed by atoms with Crippen LogP contribution in [0.3, 0.4) is 0 Å². The molecule has 1 aliphatic heterocycles. The molecule has 9 heteroatoms. The number of benzene rings is 3. The number of nitrogens with one attached hydrogen (secondary N) is 1. The van der Waals surface area contributed by atoms with Gasteiger partial charge < -0.3 is 10.2 Å². The van der Waals surface area contributed by atoms with Gasteiger partial charge in [-0.05, 0) is 35.4 Å². The van der Waals surface area contributed by atoms with Crippen LogP contribution in [-0.2, 0) is 0 Å². The normalized spacial score (nSPS) is 14.1. The Morgan fingerprint density at radius 3 is 1.97 bits per heavy atom. The van der Waals surface area contributed by atoms with Crippen molar-refractivity contribution in [3.63, 3.8) is 0 Å². The van der Waals surface area contributed by atoms with E-state index in [-0.39, 0.29) is 17.5 Å². The van der Waals surface area contributed by atoms with Gasteiger partial charge in [-0.15, -0.1) is 0 Å². The molecule has 182 valence electrons. The first-order valence-electron chi connectivity index (χ1n) is 11.7. The minimum Gasteiger partial charge on any atom is -0.348 e. The van der Waals surface area contributed by atoms with Crippen molar-refractivity contribution in [1.29, 1.82) is 0 Å². The summed E-state index contributed by atoms with van der Waals surface area (Å²) in [6, 6.07) is 27.9. The highest BCUT2D eigenvalue weighted by atomic mass is 35.5. The van der Waals surface area contributed by atoms with Gasteiger partial charge in [0.25, 0.3) is 0 Å². The van der Waals surface area contributed by atoms with Gasteiger partial charge in [-0.3, -0.25) is 15.0 Å². The van der Waals surface area contributed by atoms with Gasteiger partial charge in [0.1, 0.15) is 6.33 Å².